The maximum Gasteiger partial charge on any atom is 0.226 e. The highest BCUT2D eigenvalue weighted by molar-refractivity contribution is 6.32. The Morgan fingerprint density at radius 2 is 1.77 bits per heavy atom. The molecule has 0 spiro atoms. The molecular formula is C19H21ClN2O4. The van der Waals surface area contributed by atoms with E-state index in [9.17, 15) is 9.59 Å². The van der Waals surface area contributed by atoms with Crippen LogP contribution in [-0.4, -0.2) is 32.6 Å². The number of halogens is 1. The number of nitrogens with zero attached hydrogens (tertiary/aromatic N) is 1. The molecule has 2 aromatic rings. The molecule has 6 nitrogen and oxygen atoms in total. The Morgan fingerprint density at radius 3 is 2.31 bits per heavy atom. The normalized spacial score (nSPS) is 10.2. The van der Waals surface area contributed by atoms with Crippen molar-refractivity contribution in [1.29, 1.82) is 0 Å². The van der Waals surface area contributed by atoms with Gasteiger partial charge in [-0.2, -0.15) is 0 Å². The van der Waals surface area contributed by atoms with Gasteiger partial charge in [-0.05, 0) is 42.5 Å². The number of hydrogen-bond acceptors (Lipinski definition) is 4. The topological polar surface area (TPSA) is 67.9 Å². The fourth-order valence-electron chi connectivity index (χ4n) is 2.41. The maximum atomic E-state index is 12.2. The molecular weight excluding hydrogens is 356 g/mol. The minimum atomic E-state index is -0.217. The minimum Gasteiger partial charge on any atom is -0.497 e. The number of hydrogen-bond donors (Lipinski definition) is 1. The number of carbonyl (C=O) groups excluding carboxylic acids is 2. The highest BCUT2D eigenvalue weighted by Gasteiger charge is 2.14. The first-order chi connectivity index (χ1) is 12.4. The Bertz CT molecular complexity index is 778. The summed E-state index contributed by atoms with van der Waals surface area (Å²) >= 11 is 6.05. The molecule has 2 rings (SSSR count). The van der Waals surface area contributed by atoms with E-state index >= 15 is 0 Å². The average molecular weight is 377 g/mol. The summed E-state index contributed by atoms with van der Waals surface area (Å²) in [4.78, 5) is 25.7. The van der Waals surface area contributed by atoms with Crippen LogP contribution in [0.1, 0.15) is 13.3 Å². The smallest absolute Gasteiger partial charge is 0.226 e. The van der Waals surface area contributed by atoms with Gasteiger partial charge in [-0.15, -0.1) is 0 Å². The molecule has 2 amide bonds. The van der Waals surface area contributed by atoms with Gasteiger partial charge < -0.3 is 19.7 Å². The molecule has 0 radical (unpaired) electrons. The molecule has 0 saturated heterocycles. The SMILES string of the molecule is COc1ccc(N(CCC(=O)Nc2ccc(OC)c(Cl)c2)C(C)=O)cc1. The second kappa shape index (κ2) is 9.10. The van der Waals surface area contributed by atoms with Crippen molar-refractivity contribution in [2.24, 2.45) is 0 Å². The monoisotopic (exact) mass is 376 g/mol. The molecule has 0 saturated carbocycles. The standard InChI is InChI=1S/C19H21ClN2O4/c1-13(23)22(15-5-7-16(25-2)8-6-15)11-10-19(24)21-14-4-9-18(26-3)17(20)12-14/h4-9,12H,10-11H2,1-3H3,(H,21,24). The van der Waals surface area contributed by atoms with Gasteiger partial charge in [0.1, 0.15) is 11.5 Å². The molecule has 0 aliphatic rings. The van der Waals surface area contributed by atoms with Crippen molar-refractivity contribution in [3.63, 3.8) is 0 Å². The summed E-state index contributed by atoms with van der Waals surface area (Å²) in [6, 6.07) is 12.1. The van der Waals surface area contributed by atoms with Crippen molar-refractivity contribution in [2.75, 3.05) is 31.0 Å². The molecule has 7 heteroatoms. The summed E-state index contributed by atoms with van der Waals surface area (Å²) in [5, 5.41) is 3.17. The van der Waals surface area contributed by atoms with Gasteiger partial charge in [0.2, 0.25) is 11.8 Å². The second-order valence-corrected chi connectivity index (χ2v) is 5.92. The number of rotatable bonds is 7. The molecule has 0 bridgehead atoms. The summed E-state index contributed by atoms with van der Waals surface area (Å²) in [6.45, 7) is 1.72. The van der Waals surface area contributed by atoms with Crippen LogP contribution in [0.3, 0.4) is 0 Å². The largest absolute Gasteiger partial charge is 0.497 e. The van der Waals surface area contributed by atoms with Crippen molar-refractivity contribution < 1.29 is 19.1 Å². The van der Waals surface area contributed by atoms with Crippen LogP contribution >= 0.6 is 11.6 Å². The molecule has 0 aliphatic carbocycles. The fourth-order valence-corrected chi connectivity index (χ4v) is 2.67. The Labute approximate surface area is 157 Å². The Kier molecular flexibility index (Phi) is 6.86. The summed E-state index contributed by atoms with van der Waals surface area (Å²) in [5.41, 5.74) is 1.28. The molecule has 138 valence electrons. The van der Waals surface area contributed by atoms with E-state index in [0.29, 0.717) is 27.9 Å². The van der Waals surface area contributed by atoms with Crippen LogP contribution in [0.25, 0.3) is 0 Å². The molecule has 26 heavy (non-hydrogen) atoms. The first-order valence-electron chi connectivity index (χ1n) is 8.00. The first kappa shape index (κ1) is 19.6. The fraction of sp³-hybridized carbons (Fsp3) is 0.263. The van der Waals surface area contributed by atoms with Crippen molar-refractivity contribution >= 4 is 34.8 Å². The molecule has 0 atom stereocenters. The number of benzene rings is 2. The van der Waals surface area contributed by atoms with Crippen molar-refractivity contribution in [1.82, 2.24) is 0 Å². The molecule has 1 N–H and O–H groups in total. The quantitative estimate of drug-likeness (QED) is 0.799. The van der Waals surface area contributed by atoms with E-state index in [1.165, 1.54) is 14.0 Å². The summed E-state index contributed by atoms with van der Waals surface area (Å²) in [6.07, 6.45) is 0.148. The number of carbonyl (C=O) groups is 2. The molecule has 0 heterocycles. The molecule has 0 aliphatic heterocycles. The lowest BCUT2D eigenvalue weighted by atomic mass is 10.2. The van der Waals surface area contributed by atoms with Gasteiger partial charge in [-0.25, -0.2) is 0 Å². The van der Waals surface area contributed by atoms with Gasteiger partial charge in [0, 0.05) is 31.3 Å². The Hall–Kier alpha value is -2.73. The van der Waals surface area contributed by atoms with Crippen LogP contribution in [0.15, 0.2) is 42.5 Å². The maximum absolute atomic E-state index is 12.2. The number of anilines is 2. The number of amides is 2. The number of nitrogens with one attached hydrogen (secondary N) is 1. The van der Waals surface area contributed by atoms with Crippen LogP contribution in [0.4, 0.5) is 11.4 Å². The van der Waals surface area contributed by atoms with Crippen LogP contribution in [0, 0.1) is 0 Å². The summed E-state index contributed by atoms with van der Waals surface area (Å²) < 4.78 is 10.2. The van der Waals surface area contributed by atoms with Gasteiger partial charge in [0.15, 0.2) is 0 Å². The van der Waals surface area contributed by atoms with Gasteiger partial charge in [0.25, 0.3) is 0 Å². The van der Waals surface area contributed by atoms with Crippen LogP contribution in [-0.2, 0) is 9.59 Å². The molecule has 0 unspecified atom stereocenters. The van der Waals surface area contributed by atoms with Gasteiger partial charge >= 0.3 is 0 Å². The third-order valence-electron chi connectivity index (χ3n) is 3.76. The highest BCUT2D eigenvalue weighted by Crippen LogP contribution is 2.27. The average Bonchev–Trinajstić information content (AvgIpc) is 2.62. The van der Waals surface area contributed by atoms with Gasteiger partial charge in [0.05, 0.1) is 19.2 Å². The van der Waals surface area contributed by atoms with Crippen molar-refractivity contribution in [2.45, 2.75) is 13.3 Å². The van der Waals surface area contributed by atoms with E-state index < -0.39 is 0 Å². The summed E-state index contributed by atoms with van der Waals surface area (Å²) in [5.74, 6) is 0.875. The van der Waals surface area contributed by atoms with Crippen molar-refractivity contribution in [3.05, 3.63) is 47.5 Å². The van der Waals surface area contributed by atoms with E-state index in [1.807, 2.05) is 0 Å². The van der Waals surface area contributed by atoms with E-state index in [0.717, 1.165) is 0 Å². The molecule has 0 aromatic heterocycles. The number of methoxy groups -OCH3 is 2. The Morgan fingerprint density at radius 1 is 1.08 bits per heavy atom. The minimum absolute atomic E-state index is 0.143. The van der Waals surface area contributed by atoms with Gasteiger partial charge in [-0.3, -0.25) is 9.59 Å². The predicted molar refractivity (Wildman–Crippen MR) is 102 cm³/mol. The molecule has 0 fully saturated rings. The number of ether oxygens (including phenoxy) is 2. The lowest BCUT2D eigenvalue weighted by Crippen LogP contribution is -2.31. The van der Waals surface area contributed by atoms with E-state index in [2.05, 4.69) is 5.32 Å². The first-order valence-corrected chi connectivity index (χ1v) is 8.38. The van der Waals surface area contributed by atoms with Crippen LogP contribution in [0.2, 0.25) is 5.02 Å². The lowest BCUT2D eigenvalue weighted by molar-refractivity contribution is -0.117. The van der Waals surface area contributed by atoms with Crippen LogP contribution < -0.4 is 19.7 Å². The zero-order valence-electron chi connectivity index (χ0n) is 14.9. The highest BCUT2D eigenvalue weighted by atomic mass is 35.5. The van der Waals surface area contributed by atoms with E-state index in [4.69, 9.17) is 21.1 Å². The lowest BCUT2D eigenvalue weighted by Gasteiger charge is -2.21. The zero-order valence-corrected chi connectivity index (χ0v) is 15.7. The van der Waals surface area contributed by atoms with E-state index in [1.54, 1.807) is 54.5 Å². The van der Waals surface area contributed by atoms with Crippen molar-refractivity contribution in [3.8, 4) is 11.5 Å². The van der Waals surface area contributed by atoms with Gasteiger partial charge in [-0.1, -0.05) is 11.6 Å². The Balaban J connectivity index is 1.98. The zero-order chi connectivity index (χ0) is 19.1. The third-order valence-corrected chi connectivity index (χ3v) is 4.06. The molecule has 2 aromatic carbocycles. The summed E-state index contributed by atoms with van der Waals surface area (Å²) in [7, 11) is 3.10. The second-order valence-electron chi connectivity index (χ2n) is 5.52. The van der Waals surface area contributed by atoms with Crippen LogP contribution in [0.5, 0.6) is 11.5 Å². The third kappa shape index (κ3) is 5.13. The van der Waals surface area contributed by atoms with E-state index in [-0.39, 0.29) is 24.8 Å². The predicted octanol–water partition coefficient (Wildman–Crippen LogP) is 3.74.